The maximum atomic E-state index is 10.4. The van der Waals surface area contributed by atoms with Crippen LogP contribution in [0.5, 0.6) is 11.5 Å². The molecule has 2 aromatic carbocycles. The lowest BCUT2D eigenvalue weighted by molar-refractivity contribution is 0.0653. The first kappa shape index (κ1) is 20.8. The monoisotopic (exact) mass is 396 g/mol. The number of aromatic nitrogens is 3. The predicted octanol–water partition coefficient (Wildman–Crippen LogP) is 3.10. The fraction of sp³-hybridized carbons (Fsp3) is 0.364. The van der Waals surface area contributed by atoms with Crippen molar-refractivity contribution in [2.45, 2.75) is 26.0 Å². The summed E-state index contributed by atoms with van der Waals surface area (Å²) in [6, 6.07) is 15.7. The van der Waals surface area contributed by atoms with Gasteiger partial charge in [-0.2, -0.15) is 5.10 Å². The summed E-state index contributed by atoms with van der Waals surface area (Å²) < 4.78 is 12.8. The summed E-state index contributed by atoms with van der Waals surface area (Å²) in [7, 11) is 2.00. The number of ether oxygens (including phenoxy) is 2. The summed E-state index contributed by atoms with van der Waals surface area (Å²) in [4.78, 5) is 6.07. The number of hydrogen-bond acceptors (Lipinski definition) is 6. The highest BCUT2D eigenvalue weighted by Crippen LogP contribution is 2.21. The number of nitrogens with zero attached hydrogens (tertiary/aromatic N) is 4. The van der Waals surface area contributed by atoms with Gasteiger partial charge in [0.2, 0.25) is 0 Å². The Labute approximate surface area is 171 Å². The third-order valence-corrected chi connectivity index (χ3v) is 4.80. The van der Waals surface area contributed by atoms with E-state index in [0.717, 1.165) is 17.0 Å². The topological polar surface area (TPSA) is 72.6 Å². The molecule has 7 nitrogen and oxygen atoms in total. The molecular weight excluding hydrogens is 368 g/mol. The maximum Gasteiger partial charge on any atom is 0.138 e. The van der Waals surface area contributed by atoms with Gasteiger partial charge in [0.25, 0.3) is 0 Å². The van der Waals surface area contributed by atoms with Crippen LogP contribution in [0.2, 0.25) is 0 Å². The van der Waals surface area contributed by atoms with Crippen LogP contribution in [0, 0.1) is 0 Å². The van der Waals surface area contributed by atoms with Crippen LogP contribution >= 0.6 is 0 Å². The second-order valence-electron chi connectivity index (χ2n) is 6.92. The van der Waals surface area contributed by atoms with Crippen molar-refractivity contribution >= 4 is 0 Å². The Bertz CT molecular complexity index is 851. The van der Waals surface area contributed by atoms with E-state index in [4.69, 9.17) is 9.47 Å². The molecule has 0 spiro atoms. The number of aliphatic hydroxyl groups excluding tert-OH is 1. The molecule has 0 aliphatic heterocycles. The lowest BCUT2D eigenvalue weighted by Gasteiger charge is -2.27. The van der Waals surface area contributed by atoms with Gasteiger partial charge in [-0.3, -0.25) is 4.90 Å². The Morgan fingerprint density at radius 2 is 1.69 bits per heavy atom. The van der Waals surface area contributed by atoms with Gasteiger partial charge in [0.15, 0.2) is 0 Å². The fourth-order valence-corrected chi connectivity index (χ4v) is 3.04. The zero-order valence-electron chi connectivity index (χ0n) is 17.1. The molecule has 0 aliphatic carbocycles. The number of rotatable bonds is 10. The Morgan fingerprint density at radius 3 is 2.28 bits per heavy atom. The lowest BCUT2D eigenvalue weighted by Crippen LogP contribution is -2.34. The summed E-state index contributed by atoms with van der Waals surface area (Å²) in [6.45, 7) is 5.43. The molecule has 0 fully saturated rings. The van der Waals surface area contributed by atoms with Gasteiger partial charge in [-0.25, -0.2) is 9.67 Å². The largest absolute Gasteiger partial charge is 0.494 e. The SMILES string of the molecule is CCOc1ccc(OCC(O)CN(C)C(C)c2ccc(-n3cncn3)cc2)cc1. The van der Waals surface area contributed by atoms with Gasteiger partial charge in [0, 0.05) is 12.6 Å². The Kier molecular flexibility index (Phi) is 7.21. The van der Waals surface area contributed by atoms with Gasteiger partial charge in [-0.15, -0.1) is 0 Å². The van der Waals surface area contributed by atoms with E-state index in [-0.39, 0.29) is 12.6 Å². The van der Waals surface area contributed by atoms with E-state index in [0.29, 0.717) is 18.9 Å². The van der Waals surface area contributed by atoms with Crippen molar-refractivity contribution < 1.29 is 14.6 Å². The predicted molar refractivity (Wildman–Crippen MR) is 112 cm³/mol. The molecule has 2 unspecified atom stereocenters. The molecule has 0 amide bonds. The number of benzene rings is 2. The average molecular weight is 396 g/mol. The van der Waals surface area contributed by atoms with Gasteiger partial charge in [0.05, 0.1) is 12.3 Å². The fourth-order valence-electron chi connectivity index (χ4n) is 3.04. The molecule has 0 aliphatic rings. The van der Waals surface area contributed by atoms with Crippen molar-refractivity contribution in [3.8, 4) is 17.2 Å². The molecule has 1 N–H and O–H groups in total. The third-order valence-electron chi connectivity index (χ3n) is 4.80. The normalized spacial score (nSPS) is 13.3. The lowest BCUT2D eigenvalue weighted by atomic mass is 10.1. The number of likely N-dealkylation sites (N-methyl/N-ethyl adjacent to an activating group) is 1. The van der Waals surface area contributed by atoms with E-state index in [1.807, 2.05) is 50.4 Å². The van der Waals surface area contributed by atoms with Crippen molar-refractivity contribution in [2.75, 3.05) is 26.8 Å². The Morgan fingerprint density at radius 1 is 1.03 bits per heavy atom. The average Bonchev–Trinajstić information content (AvgIpc) is 3.28. The summed E-state index contributed by atoms with van der Waals surface area (Å²) in [5, 5.41) is 14.5. The van der Waals surface area contributed by atoms with Crippen molar-refractivity contribution in [3.63, 3.8) is 0 Å². The van der Waals surface area contributed by atoms with Crippen molar-refractivity contribution in [3.05, 3.63) is 66.7 Å². The quantitative estimate of drug-likeness (QED) is 0.568. The van der Waals surface area contributed by atoms with Gasteiger partial charge >= 0.3 is 0 Å². The van der Waals surface area contributed by atoms with Crippen molar-refractivity contribution in [1.82, 2.24) is 19.7 Å². The molecule has 29 heavy (non-hydrogen) atoms. The van der Waals surface area contributed by atoms with E-state index in [2.05, 4.69) is 34.0 Å². The van der Waals surface area contributed by atoms with Gasteiger partial charge in [0.1, 0.15) is 36.9 Å². The minimum absolute atomic E-state index is 0.153. The van der Waals surface area contributed by atoms with Gasteiger partial charge < -0.3 is 14.6 Å². The first-order valence-corrected chi connectivity index (χ1v) is 9.75. The molecule has 0 radical (unpaired) electrons. The standard InChI is InChI=1S/C22H28N4O3/c1-4-28-21-9-11-22(12-10-21)29-14-20(27)13-25(3)17(2)18-5-7-19(8-6-18)26-16-23-15-24-26/h5-12,15-17,20,27H,4,13-14H2,1-3H3. The van der Waals surface area contributed by atoms with E-state index >= 15 is 0 Å². The van der Waals surface area contributed by atoms with Crippen LogP contribution in [0.3, 0.4) is 0 Å². The zero-order valence-corrected chi connectivity index (χ0v) is 17.1. The minimum Gasteiger partial charge on any atom is -0.494 e. The number of aliphatic hydroxyl groups is 1. The minimum atomic E-state index is -0.594. The van der Waals surface area contributed by atoms with E-state index < -0.39 is 6.10 Å². The first-order chi connectivity index (χ1) is 14.1. The molecule has 154 valence electrons. The summed E-state index contributed by atoms with van der Waals surface area (Å²) >= 11 is 0. The first-order valence-electron chi connectivity index (χ1n) is 9.75. The Balaban J connectivity index is 1.48. The van der Waals surface area contributed by atoms with E-state index in [1.54, 1.807) is 11.0 Å². The van der Waals surface area contributed by atoms with Crippen LogP contribution in [-0.4, -0.2) is 57.7 Å². The smallest absolute Gasteiger partial charge is 0.138 e. The van der Waals surface area contributed by atoms with Gasteiger partial charge in [-0.1, -0.05) is 12.1 Å². The zero-order chi connectivity index (χ0) is 20.6. The molecule has 0 saturated carbocycles. The molecule has 3 aromatic rings. The summed E-state index contributed by atoms with van der Waals surface area (Å²) in [5.74, 6) is 1.52. The highest BCUT2D eigenvalue weighted by molar-refractivity contribution is 5.34. The maximum absolute atomic E-state index is 10.4. The molecule has 2 atom stereocenters. The molecule has 1 heterocycles. The summed E-state index contributed by atoms with van der Waals surface area (Å²) in [6.07, 6.45) is 2.59. The van der Waals surface area contributed by atoms with Crippen LogP contribution in [0.25, 0.3) is 5.69 Å². The molecule has 0 bridgehead atoms. The van der Waals surface area contributed by atoms with Crippen molar-refractivity contribution in [1.29, 1.82) is 0 Å². The summed E-state index contributed by atoms with van der Waals surface area (Å²) in [5.41, 5.74) is 2.13. The second-order valence-corrected chi connectivity index (χ2v) is 6.92. The molecular formula is C22H28N4O3. The second kappa shape index (κ2) is 10.0. The Hall–Kier alpha value is -2.90. The molecule has 0 saturated heterocycles. The molecule has 7 heteroatoms. The van der Waals surface area contributed by atoms with Crippen LogP contribution in [0.1, 0.15) is 25.5 Å². The van der Waals surface area contributed by atoms with Crippen LogP contribution in [-0.2, 0) is 0 Å². The molecule has 1 aromatic heterocycles. The number of hydrogen-bond donors (Lipinski definition) is 1. The van der Waals surface area contributed by atoms with Crippen LogP contribution in [0.15, 0.2) is 61.2 Å². The van der Waals surface area contributed by atoms with Crippen LogP contribution in [0.4, 0.5) is 0 Å². The highest BCUT2D eigenvalue weighted by Gasteiger charge is 2.16. The van der Waals surface area contributed by atoms with E-state index in [9.17, 15) is 5.11 Å². The third kappa shape index (κ3) is 5.79. The highest BCUT2D eigenvalue weighted by atomic mass is 16.5. The molecule has 3 rings (SSSR count). The van der Waals surface area contributed by atoms with Crippen molar-refractivity contribution in [2.24, 2.45) is 0 Å². The van der Waals surface area contributed by atoms with Gasteiger partial charge in [-0.05, 0) is 62.9 Å². The van der Waals surface area contributed by atoms with Crippen LogP contribution < -0.4 is 9.47 Å². The van der Waals surface area contributed by atoms with E-state index in [1.165, 1.54) is 6.33 Å².